The Kier molecular flexibility index (Phi) is 4.35. The van der Waals surface area contributed by atoms with Crippen molar-refractivity contribution >= 4 is 12.0 Å². The SMILES string of the molecule is CC/C=C\c1c(C)oc(C)c1C(=O)OCC. The molecule has 16 heavy (non-hydrogen) atoms. The second kappa shape index (κ2) is 5.54. The summed E-state index contributed by atoms with van der Waals surface area (Å²) < 4.78 is 10.5. The predicted octanol–water partition coefficient (Wildman–Crippen LogP) is 3.50. The molecule has 0 aliphatic rings. The first-order chi connectivity index (χ1) is 7.61. The lowest BCUT2D eigenvalue weighted by Crippen LogP contribution is -2.06. The van der Waals surface area contributed by atoms with Gasteiger partial charge in [0.15, 0.2) is 0 Å². The van der Waals surface area contributed by atoms with Gasteiger partial charge in [-0.2, -0.15) is 0 Å². The highest BCUT2D eigenvalue weighted by atomic mass is 16.5. The Bertz CT molecular complexity index is 400. The molecule has 1 rings (SSSR count). The first-order valence-corrected chi connectivity index (χ1v) is 5.55. The second-order valence-electron chi connectivity index (χ2n) is 3.53. The zero-order valence-electron chi connectivity index (χ0n) is 10.3. The van der Waals surface area contributed by atoms with Gasteiger partial charge in [-0.1, -0.05) is 19.1 Å². The van der Waals surface area contributed by atoms with Crippen LogP contribution in [0.1, 0.15) is 47.7 Å². The molecule has 0 aromatic carbocycles. The zero-order chi connectivity index (χ0) is 12.1. The van der Waals surface area contributed by atoms with Crippen LogP contribution >= 0.6 is 0 Å². The average molecular weight is 222 g/mol. The molecule has 0 atom stereocenters. The van der Waals surface area contributed by atoms with Crippen LogP contribution in [0, 0.1) is 13.8 Å². The Hall–Kier alpha value is -1.51. The summed E-state index contributed by atoms with van der Waals surface area (Å²) in [5.41, 5.74) is 1.38. The molecule has 1 aromatic rings. The molecule has 0 saturated heterocycles. The van der Waals surface area contributed by atoms with Crippen molar-refractivity contribution in [3.8, 4) is 0 Å². The topological polar surface area (TPSA) is 39.4 Å². The van der Waals surface area contributed by atoms with Crippen molar-refractivity contribution in [1.29, 1.82) is 0 Å². The van der Waals surface area contributed by atoms with Gasteiger partial charge in [0.05, 0.1) is 6.61 Å². The van der Waals surface area contributed by atoms with Gasteiger partial charge >= 0.3 is 5.97 Å². The molecule has 0 bridgehead atoms. The number of allylic oxidation sites excluding steroid dienone is 1. The van der Waals surface area contributed by atoms with Gasteiger partial charge in [0.2, 0.25) is 0 Å². The molecule has 0 N–H and O–H groups in total. The van der Waals surface area contributed by atoms with Crippen molar-refractivity contribution in [3.05, 3.63) is 28.7 Å². The minimum atomic E-state index is -0.312. The normalized spacial score (nSPS) is 11.0. The van der Waals surface area contributed by atoms with Gasteiger partial charge in [-0.3, -0.25) is 0 Å². The summed E-state index contributed by atoms with van der Waals surface area (Å²) in [7, 11) is 0. The largest absolute Gasteiger partial charge is 0.465 e. The maximum Gasteiger partial charge on any atom is 0.342 e. The smallest absolute Gasteiger partial charge is 0.342 e. The summed E-state index contributed by atoms with van der Waals surface area (Å²) in [6, 6.07) is 0. The van der Waals surface area contributed by atoms with Crippen molar-refractivity contribution in [2.24, 2.45) is 0 Å². The number of ether oxygens (including phenoxy) is 1. The molecule has 0 spiro atoms. The third-order valence-corrected chi connectivity index (χ3v) is 2.31. The fourth-order valence-electron chi connectivity index (χ4n) is 1.59. The van der Waals surface area contributed by atoms with Crippen molar-refractivity contribution < 1.29 is 13.9 Å². The number of hydrogen-bond acceptors (Lipinski definition) is 3. The second-order valence-corrected chi connectivity index (χ2v) is 3.53. The molecule has 1 heterocycles. The van der Waals surface area contributed by atoms with Crippen molar-refractivity contribution in [2.75, 3.05) is 6.61 Å². The fourth-order valence-corrected chi connectivity index (χ4v) is 1.59. The van der Waals surface area contributed by atoms with Gasteiger partial charge in [0.25, 0.3) is 0 Å². The first kappa shape index (κ1) is 12.6. The summed E-state index contributed by atoms with van der Waals surface area (Å²) in [6.45, 7) is 7.84. The van der Waals surface area contributed by atoms with Crippen LogP contribution in [0.2, 0.25) is 0 Å². The molecule has 88 valence electrons. The monoisotopic (exact) mass is 222 g/mol. The molecule has 3 nitrogen and oxygen atoms in total. The Labute approximate surface area is 96.1 Å². The first-order valence-electron chi connectivity index (χ1n) is 5.55. The van der Waals surface area contributed by atoms with E-state index in [1.165, 1.54) is 0 Å². The van der Waals surface area contributed by atoms with Crippen LogP contribution < -0.4 is 0 Å². The van der Waals surface area contributed by atoms with Crippen LogP contribution in [-0.2, 0) is 4.74 Å². The lowest BCUT2D eigenvalue weighted by Gasteiger charge is -2.01. The van der Waals surface area contributed by atoms with Crippen molar-refractivity contribution in [3.63, 3.8) is 0 Å². The fraction of sp³-hybridized carbons (Fsp3) is 0.462. The van der Waals surface area contributed by atoms with E-state index in [1.807, 2.05) is 26.0 Å². The van der Waals surface area contributed by atoms with Crippen LogP contribution in [0.5, 0.6) is 0 Å². The Balaban J connectivity index is 3.15. The zero-order valence-corrected chi connectivity index (χ0v) is 10.3. The van der Waals surface area contributed by atoms with E-state index in [1.54, 1.807) is 13.8 Å². The van der Waals surface area contributed by atoms with E-state index in [0.29, 0.717) is 17.9 Å². The molecule has 0 radical (unpaired) electrons. The van der Waals surface area contributed by atoms with E-state index in [9.17, 15) is 4.79 Å². The molecule has 0 unspecified atom stereocenters. The standard InChI is InChI=1S/C13H18O3/c1-5-7-8-11-9(3)16-10(4)12(11)13(14)15-6-2/h7-8H,5-6H2,1-4H3/b8-7-. The Morgan fingerprint density at radius 2 is 2.00 bits per heavy atom. The molecule has 0 amide bonds. The van der Waals surface area contributed by atoms with E-state index in [-0.39, 0.29) is 5.97 Å². The van der Waals surface area contributed by atoms with Crippen molar-refractivity contribution in [1.82, 2.24) is 0 Å². The maximum absolute atomic E-state index is 11.7. The van der Waals surface area contributed by atoms with E-state index >= 15 is 0 Å². The molecule has 0 aliphatic heterocycles. The van der Waals surface area contributed by atoms with Gasteiger partial charge in [0.1, 0.15) is 17.1 Å². The number of hydrogen-bond donors (Lipinski definition) is 0. The van der Waals surface area contributed by atoms with Crippen LogP contribution in [0.3, 0.4) is 0 Å². The van der Waals surface area contributed by atoms with Gasteiger partial charge < -0.3 is 9.15 Å². The van der Waals surface area contributed by atoms with Crippen LogP contribution in [-0.4, -0.2) is 12.6 Å². The number of aryl methyl sites for hydroxylation is 2. The summed E-state index contributed by atoms with van der Waals surface area (Å²) >= 11 is 0. The minimum Gasteiger partial charge on any atom is -0.465 e. The highest BCUT2D eigenvalue weighted by Crippen LogP contribution is 2.24. The van der Waals surface area contributed by atoms with Gasteiger partial charge in [-0.15, -0.1) is 0 Å². The van der Waals surface area contributed by atoms with E-state index in [2.05, 4.69) is 0 Å². The van der Waals surface area contributed by atoms with Crippen LogP contribution in [0.4, 0.5) is 0 Å². The number of carbonyl (C=O) groups excluding carboxylic acids is 1. The Morgan fingerprint density at radius 1 is 1.31 bits per heavy atom. The Morgan fingerprint density at radius 3 is 2.56 bits per heavy atom. The molecule has 1 aromatic heterocycles. The molecule has 3 heteroatoms. The summed E-state index contributed by atoms with van der Waals surface area (Å²) in [5.74, 6) is 1.06. The average Bonchev–Trinajstić information content (AvgIpc) is 2.50. The van der Waals surface area contributed by atoms with E-state index < -0.39 is 0 Å². The summed E-state index contributed by atoms with van der Waals surface area (Å²) in [5, 5.41) is 0. The van der Waals surface area contributed by atoms with E-state index in [0.717, 1.165) is 17.7 Å². The summed E-state index contributed by atoms with van der Waals surface area (Å²) in [4.78, 5) is 11.7. The number of furan rings is 1. The van der Waals surface area contributed by atoms with E-state index in [4.69, 9.17) is 9.15 Å². The minimum absolute atomic E-state index is 0.312. The molecular weight excluding hydrogens is 204 g/mol. The molecule has 0 fully saturated rings. The summed E-state index contributed by atoms with van der Waals surface area (Å²) in [6.07, 6.45) is 4.84. The van der Waals surface area contributed by atoms with Gasteiger partial charge in [-0.25, -0.2) is 4.79 Å². The number of carbonyl (C=O) groups is 1. The maximum atomic E-state index is 11.7. The highest BCUT2D eigenvalue weighted by Gasteiger charge is 2.20. The lowest BCUT2D eigenvalue weighted by atomic mass is 10.1. The van der Waals surface area contributed by atoms with Crippen molar-refractivity contribution in [2.45, 2.75) is 34.1 Å². The third-order valence-electron chi connectivity index (χ3n) is 2.31. The quantitative estimate of drug-likeness (QED) is 0.732. The van der Waals surface area contributed by atoms with Gasteiger partial charge in [-0.05, 0) is 27.2 Å². The molecule has 0 aliphatic carbocycles. The lowest BCUT2D eigenvalue weighted by molar-refractivity contribution is 0.0524. The van der Waals surface area contributed by atoms with Crippen LogP contribution in [0.25, 0.3) is 6.08 Å². The number of rotatable bonds is 4. The van der Waals surface area contributed by atoms with Crippen LogP contribution in [0.15, 0.2) is 10.5 Å². The number of esters is 1. The predicted molar refractivity (Wildman–Crippen MR) is 63.5 cm³/mol. The molecular formula is C13H18O3. The third kappa shape index (κ3) is 2.54. The van der Waals surface area contributed by atoms with Gasteiger partial charge in [0, 0.05) is 5.56 Å². The highest BCUT2D eigenvalue weighted by molar-refractivity contribution is 5.95. The molecule has 0 saturated carbocycles.